The molecule has 1 aromatic heterocycles. The minimum atomic E-state index is -3.46. The second-order valence-electron chi connectivity index (χ2n) is 6.38. The lowest BCUT2D eigenvalue weighted by molar-refractivity contribution is -0.116. The Morgan fingerprint density at radius 1 is 1.07 bits per heavy atom. The number of carbonyl (C=O) groups excluding carboxylic acids is 1. The molecule has 0 atom stereocenters. The van der Waals surface area contributed by atoms with Gasteiger partial charge in [0.2, 0.25) is 21.9 Å². The van der Waals surface area contributed by atoms with Crippen molar-refractivity contribution >= 4 is 32.9 Å². The lowest BCUT2D eigenvalue weighted by Crippen LogP contribution is -2.30. The summed E-state index contributed by atoms with van der Waals surface area (Å²) in [5, 5.41) is 2.76. The van der Waals surface area contributed by atoms with Crippen LogP contribution in [-0.2, 0) is 21.2 Å². The van der Waals surface area contributed by atoms with Gasteiger partial charge in [0.05, 0.1) is 15.9 Å². The number of sulfonamides is 1. The van der Waals surface area contributed by atoms with Crippen molar-refractivity contribution < 1.29 is 13.2 Å². The predicted octanol–water partition coefficient (Wildman–Crippen LogP) is 3.16. The van der Waals surface area contributed by atoms with Crippen LogP contribution in [0.1, 0.15) is 25.8 Å². The van der Waals surface area contributed by atoms with Crippen molar-refractivity contribution in [2.24, 2.45) is 0 Å². The summed E-state index contributed by atoms with van der Waals surface area (Å²) >= 11 is 0. The molecule has 0 saturated heterocycles. The number of anilines is 1. The van der Waals surface area contributed by atoms with E-state index in [2.05, 4.69) is 15.3 Å². The highest BCUT2D eigenvalue weighted by Crippen LogP contribution is 2.17. The van der Waals surface area contributed by atoms with Crippen LogP contribution in [0.4, 0.5) is 5.95 Å². The molecule has 3 aromatic rings. The first-order valence-corrected chi connectivity index (χ1v) is 10.7. The van der Waals surface area contributed by atoms with E-state index in [1.807, 2.05) is 38.1 Å². The van der Waals surface area contributed by atoms with Gasteiger partial charge >= 0.3 is 0 Å². The van der Waals surface area contributed by atoms with Crippen molar-refractivity contribution in [3.05, 3.63) is 54.1 Å². The summed E-state index contributed by atoms with van der Waals surface area (Å²) in [5.74, 6) is 0.269. The molecule has 0 saturated carbocycles. The average molecular weight is 401 g/mol. The van der Waals surface area contributed by atoms with Gasteiger partial charge in [-0.3, -0.25) is 10.1 Å². The Labute approximate surface area is 164 Å². The van der Waals surface area contributed by atoms with Crippen LogP contribution in [0.5, 0.6) is 0 Å². The minimum absolute atomic E-state index is 0.154. The van der Waals surface area contributed by atoms with E-state index in [-0.39, 0.29) is 17.2 Å². The molecular weight excluding hydrogens is 376 g/mol. The Kier molecular flexibility index (Phi) is 6.11. The standard InChI is InChI=1S/C20H24N4O3S/c1-3-24(4-2)28(26,27)16-12-9-15(10-13-16)11-14-19(25)23-20-21-17-7-5-6-8-18(17)22-20/h5-10,12-13H,3-4,11,14H2,1-2H3,(H2,21,22,23,25). The number of hydrogen-bond donors (Lipinski definition) is 2. The molecule has 0 fully saturated rings. The van der Waals surface area contributed by atoms with Crippen LogP contribution in [0.3, 0.4) is 0 Å². The second-order valence-corrected chi connectivity index (χ2v) is 8.32. The number of rotatable bonds is 8. The number of aryl methyl sites for hydroxylation is 1. The number of nitrogens with zero attached hydrogens (tertiary/aromatic N) is 2. The quantitative estimate of drug-likeness (QED) is 0.607. The summed E-state index contributed by atoms with van der Waals surface area (Å²) in [6, 6.07) is 14.3. The Morgan fingerprint density at radius 3 is 2.39 bits per heavy atom. The van der Waals surface area contributed by atoms with Crippen LogP contribution in [0.2, 0.25) is 0 Å². The third kappa shape index (κ3) is 4.40. The Balaban J connectivity index is 1.59. The fourth-order valence-corrected chi connectivity index (χ4v) is 4.46. The first-order valence-electron chi connectivity index (χ1n) is 9.27. The number of para-hydroxylation sites is 2. The molecule has 2 aromatic carbocycles. The minimum Gasteiger partial charge on any atom is -0.324 e. The smallest absolute Gasteiger partial charge is 0.243 e. The molecule has 0 aliphatic heterocycles. The van der Waals surface area contributed by atoms with Crippen LogP contribution in [0, 0.1) is 0 Å². The molecule has 1 heterocycles. The molecule has 0 aliphatic rings. The first kappa shape index (κ1) is 20.0. The molecule has 7 nitrogen and oxygen atoms in total. The zero-order valence-electron chi connectivity index (χ0n) is 16.0. The van der Waals surface area contributed by atoms with E-state index in [0.29, 0.717) is 25.5 Å². The molecule has 148 valence electrons. The largest absolute Gasteiger partial charge is 0.324 e. The van der Waals surface area contributed by atoms with Gasteiger partial charge in [-0.2, -0.15) is 4.31 Å². The normalized spacial score (nSPS) is 11.8. The van der Waals surface area contributed by atoms with Gasteiger partial charge in [-0.05, 0) is 36.2 Å². The summed E-state index contributed by atoms with van der Waals surface area (Å²) in [6.07, 6.45) is 0.789. The average Bonchev–Trinajstić information content (AvgIpc) is 3.09. The van der Waals surface area contributed by atoms with Crippen LogP contribution < -0.4 is 5.32 Å². The van der Waals surface area contributed by atoms with Crippen molar-refractivity contribution in [2.75, 3.05) is 18.4 Å². The molecule has 2 N–H and O–H groups in total. The third-order valence-corrected chi connectivity index (χ3v) is 6.62. The van der Waals surface area contributed by atoms with E-state index in [9.17, 15) is 13.2 Å². The topological polar surface area (TPSA) is 95.2 Å². The van der Waals surface area contributed by atoms with Crippen molar-refractivity contribution in [3.63, 3.8) is 0 Å². The molecule has 0 spiro atoms. The number of aromatic amines is 1. The summed E-state index contributed by atoms with van der Waals surface area (Å²) in [4.78, 5) is 19.8. The van der Waals surface area contributed by atoms with Crippen molar-refractivity contribution in [1.29, 1.82) is 0 Å². The number of imidazole rings is 1. The maximum absolute atomic E-state index is 12.5. The number of H-pyrrole nitrogens is 1. The fraction of sp³-hybridized carbons (Fsp3) is 0.300. The van der Waals surface area contributed by atoms with Gasteiger partial charge in [0.15, 0.2) is 0 Å². The SMILES string of the molecule is CCN(CC)S(=O)(=O)c1ccc(CCC(=O)Nc2nc3ccccc3[nH]2)cc1. The van der Waals surface area contributed by atoms with Gasteiger partial charge in [-0.15, -0.1) is 0 Å². The first-order chi connectivity index (χ1) is 13.4. The monoisotopic (exact) mass is 400 g/mol. The Hall–Kier alpha value is -2.71. The van der Waals surface area contributed by atoms with Crippen LogP contribution in [0.15, 0.2) is 53.4 Å². The van der Waals surface area contributed by atoms with Crippen LogP contribution in [-0.4, -0.2) is 41.7 Å². The van der Waals surface area contributed by atoms with E-state index < -0.39 is 10.0 Å². The van der Waals surface area contributed by atoms with E-state index in [1.54, 1.807) is 24.3 Å². The summed E-state index contributed by atoms with van der Waals surface area (Å²) in [6.45, 7) is 4.50. The van der Waals surface area contributed by atoms with Gasteiger partial charge in [0.1, 0.15) is 0 Å². The molecule has 3 rings (SSSR count). The zero-order chi connectivity index (χ0) is 20.1. The summed E-state index contributed by atoms with van der Waals surface area (Å²) < 4.78 is 26.4. The summed E-state index contributed by atoms with van der Waals surface area (Å²) in [5.41, 5.74) is 2.56. The number of carbonyl (C=O) groups is 1. The highest BCUT2D eigenvalue weighted by atomic mass is 32.2. The number of nitrogens with one attached hydrogen (secondary N) is 2. The predicted molar refractivity (Wildman–Crippen MR) is 110 cm³/mol. The van der Waals surface area contributed by atoms with Crippen molar-refractivity contribution in [2.45, 2.75) is 31.6 Å². The molecule has 0 radical (unpaired) electrons. The van der Waals surface area contributed by atoms with E-state index in [4.69, 9.17) is 0 Å². The molecule has 0 aliphatic carbocycles. The van der Waals surface area contributed by atoms with Gasteiger partial charge in [-0.1, -0.05) is 38.1 Å². The Bertz CT molecular complexity index is 1020. The van der Waals surface area contributed by atoms with Crippen molar-refractivity contribution in [3.8, 4) is 0 Å². The van der Waals surface area contributed by atoms with Crippen LogP contribution >= 0.6 is 0 Å². The molecule has 28 heavy (non-hydrogen) atoms. The fourth-order valence-electron chi connectivity index (χ4n) is 3.01. The molecular formula is C20H24N4O3S. The van der Waals surface area contributed by atoms with E-state index >= 15 is 0 Å². The van der Waals surface area contributed by atoms with Gasteiger partial charge in [0, 0.05) is 19.5 Å². The maximum atomic E-state index is 12.5. The highest BCUT2D eigenvalue weighted by Gasteiger charge is 2.21. The second kappa shape index (κ2) is 8.53. The lowest BCUT2D eigenvalue weighted by atomic mass is 10.1. The van der Waals surface area contributed by atoms with Gasteiger partial charge in [0.25, 0.3) is 0 Å². The number of fused-ring (bicyclic) bond motifs is 1. The number of hydrogen-bond acceptors (Lipinski definition) is 4. The van der Waals surface area contributed by atoms with Crippen LogP contribution in [0.25, 0.3) is 11.0 Å². The molecule has 0 bridgehead atoms. The number of aromatic nitrogens is 2. The van der Waals surface area contributed by atoms with Crippen molar-refractivity contribution in [1.82, 2.24) is 14.3 Å². The number of amides is 1. The Morgan fingerprint density at radius 2 is 1.75 bits per heavy atom. The lowest BCUT2D eigenvalue weighted by Gasteiger charge is -2.18. The number of benzene rings is 2. The zero-order valence-corrected chi connectivity index (χ0v) is 16.8. The molecule has 1 amide bonds. The van der Waals surface area contributed by atoms with E-state index in [0.717, 1.165) is 16.6 Å². The molecule has 8 heteroatoms. The van der Waals surface area contributed by atoms with E-state index in [1.165, 1.54) is 4.31 Å². The molecule has 0 unspecified atom stereocenters. The summed E-state index contributed by atoms with van der Waals surface area (Å²) in [7, 11) is -3.46. The maximum Gasteiger partial charge on any atom is 0.243 e. The van der Waals surface area contributed by atoms with Gasteiger partial charge in [-0.25, -0.2) is 13.4 Å². The van der Waals surface area contributed by atoms with Gasteiger partial charge < -0.3 is 4.98 Å². The third-order valence-electron chi connectivity index (χ3n) is 4.55. The highest BCUT2D eigenvalue weighted by molar-refractivity contribution is 7.89.